The summed E-state index contributed by atoms with van der Waals surface area (Å²) < 4.78 is 0. The highest BCUT2D eigenvalue weighted by Gasteiger charge is 2.10. The van der Waals surface area contributed by atoms with Crippen LogP contribution in [0.4, 0.5) is 0 Å². The van der Waals surface area contributed by atoms with Gasteiger partial charge in [0, 0.05) is 22.7 Å². The van der Waals surface area contributed by atoms with Gasteiger partial charge >= 0.3 is 0 Å². The predicted molar refractivity (Wildman–Crippen MR) is 83.6 cm³/mol. The van der Waals surface area contributed by atoms with Crippen LogP contribution in [-0.2, 0) is 6.42 Å². The molecule has 1 aromatic heterocycles. The largest absolute Gasteiger partial charge is 0.309 e. The molecule has 3 heteroatoms. The molecule has 2 nitrogen and oxygen atoms in total. The highest BCUT2D eigenvalue weighted by atomic mass is 32.1. The van der Waals surface area contributed by atoms with E-state index in [4.69, 9.17) is 0 Å². The SMILES string of the molecule is CCCNC(C)c1cnc(-c2ccc(CC)cc2)s1. The molecular formula is C16H22N2S. The van der Waals surface area contributed by atoms with Crippen molar-refractivity contribution in [2.75, 3.05) is 6.54 Å². The molecule has 0 spiro atoms. The van der Waals surface area contributed by atoms with Crippen LogP contribution in [0.25, 0.3) is 10.6 Å². The van der Waals surface area contributed by atoms with Crippen LogP contribution in [0.2, 0.25) is 0 Å². The lowest BCUT2D eigenvalue weighted by Gasteiger charge is -2.09. The zero-order valence-corrected chi connectivity index (χ0v) is 12.8. The van der Waals surface area contributed by atoms with Gasteiger partial charge in [-0.1, -0.05) is 38.1 Å². The number of nitrogens with one attached hydrogen (secondary N) is 1. The number of hydrogen-bond donors (Lipinski definition) is 1. The molecule has 1 aromatic carbocycles. The molecule has 1 atom stereocenters. The summed E-state index contributed by atoms with van der Waals surface area (Å²) in [5, 5.41) is 4.62. The van der Waals surface area contributed by atoms with Crippen LogP contribution >= 0.6 is 11.3 Å². The molecule has 1 heterocycles. The van der Waals surface area contributed by atoms with Gasteiger partial charge in [-0.15, -0.1) is 11.3 Å². The quantitative estimate of drug-likeness (QED) is 0.842. The van der Waals surface area contributed by atoms with E-state index in [9.17, 15) is 0 Å². The zero-order valence-electron chi connectivity index (χ0n) is 11.9. The third-order valence-electron chi connectivity index (χ3n) is 3.26. The van der Waals surface area contributed by atoms with Crippen LogP contribution < -0.4 is 5.32 Å². The molecule has 0 radical (unpaired) electrons. The molecule has 0 saturated carbocycles. The number of thiazole rings is 1. The van der Waals surface area contributed by atoms with Crippen molar-refractivity contribution in [2.24, 2.45) is 0 Å². The fourth-order valence-electron chi connectivity index (χ4n) is 1.96. The summed E-state index contributed by atoms with van der Waals surface area (Å²) in [6, 6.07) is 9.11. The topological polar surface area (TPSA) is 24.9 Å². The maximum absolute atomic E-state index is 4.55. The Morgan fingerprint density at radius 1 is 1.21 bits per heavy atom. The molecule has 1 N–H and O–H groups in total. The maximum atomic E-state index is 4.55. The van der Waals surface area contributed by atoms with Crippen LogP contribution in [0, 0.1) is 0 Å². The summed E-state index contributed by atoms with van der Waals surface area (Å²) in [5.41, 5.74) is 2.59. The Kier molecular flexibility index (Phi) is 5.11. The van der Waals surface area contributed by atoms with Gasteiger partial charge in [0.25, 0.3) is 0 Å². The van der Waals surface area contributed by atoms with Crippen LogP contribution in [0.1, 0.15) is 43.7 Å². The minimum absolute atomic E-state index is 0.390. The number of hydrogen-bond acceptors (Lipinski definition) is 3. The Labute approximate surface area is 119 Å². The van der Waals surface area contributed by atoms with Gasteiger partial charge in [-0.3, -0.25) is 0 Å². The highest BCUT2D eigenvalue weighted by Crippen LogP contribution is 2.28. The summed E-state index contributed by atoms with van der Waals surface area (Å²) in [6.07, 6.45) is 4.25. The molecule has 0 aliphatic heterocycles. The Morgan fingerprint density at radius 2 is 1.95 bits per heavy atom. The average molecular weight is 274 g/mol. The second-order valence-electron chi connectivity index (χ2n) is 4.79. The van der Waals surface area contributed by atoms with Gasteiger partial charge in [-0.2, -0.15) is 0 Å². The summed E-state index contributed by atoms with van der Waals surface area (Å²) in [6.45, 7) is 7.62. The normalized spacial score (nSPS) is 12.6. The third-order valence-corrected chi connectivity index (χ3v) is 4.49. The van der Waals surface area contributed by atoms with E-state index in [-0.39, 0.29) is 0 Å². The van der Waals surface area contributed by atoms with E-state index in [2.05, 4.69) is 55.3 Å². The minimum Gasteiger partial charge on any atom is -0.309 e. The molecule has 0 aliphatic carbocycles. The van der Waals surface area contributed by atoms with E-state index in [1.165, 1.54) is 16.0 Å². The lowest BCUT2D eigenvalue weighted by Crippen LogP contribution is -2.18. The second kappa shape index (κ2) is 6.83. The van der Waals surface area contributed by atoms with E-state index >= 15 is 0 Å². The molecule has 0 amide bonds. The molecule has 0 saturated heterocycles. The van der Waals surface area contributed by atoms with Crippen molar-refractivity contribution in [3.8, 4) is 10.6 Å². The predicted octanol–water partition coefficient (Wildman–Crippen LogP) is 4.43. The standard InChI is InChI=1S/C16H22N2S/c1-4-10-17-12(3)15-11-18-16(19-15)14-8-6-13(5-2)7-9-14/h6-9,11-12,17H,4-5,10H2,1-3H3. The van der Waals surface area contributed by atoms with Gasteiger partial charge in [0.05, 0.1) is 0 Å². The molecular weight excluding hydrogens is 252 g/mol. The van der Waals surface area contributed by atoms with Crippen LogP contribution in [0.3, 0.4) is 0 Å². The number of aromatic nitrogens is 1. The van der Waals surface area contributed by atoms with E-state index < -0.39 is 0 Å². The van der Waals surface area contributed by atoms with Crippen molar-refractivity contribution < 1.29 is 0 Å². The van der Waals surface area contributed by atoms with Gasteiger partial charge in [0.1, 0.15) is 5.01 Å². The van der Waals surface area contributed by atoms with Crippen molar-refractivity contribution in [1.82, 2.24) is 10.3 Å². The number of rotatable bonds is 6. The Morgan fingerprint density at radius 3 is 2.58 bits per heavy atom. The van der Waals surface area contributed by atoms with Crippen molar-refractivity contribution >= 4 is 11.3 Å². The minimum atomic E-state index is 0.390. The second-order valence-corrected chi connectivity index (χ2v) is 5.86. The van der Waals surface area contributed by atoms with Crippen LogP contribution in [0.15, 0.2) is 30.5 Å². The van der Waals surface area contributed by atoms with Gasteiger partial charge in [-0.25, -0.2) is 4.98 Å². The molecule has 0 fully saturated rings. The molecule has 2 rings (SSSR count). The first-order chi connectivity index (χ1) is 9.24. The molecule has 2 aromatic rings. The lowest BCUT2D eigenvalue weighted by atomic mass is 10.1. The summed E-state index contributed by atoms with van der Waals surface area (Å²) in [4.78, 5) is 5.86. The van der Waals surface area contributed by atoms with E-state index in [0.717, 1.165) is 24.4 Å². The van der Waals surface area contributed by atoms with Crippen molar-refractivity contribution in [3.05, 3.63) is 40.9 Å². The fraction of sp³-hybridized carbons (Fsp3) is 0.438. The summed E-state index contributed by atoms with van der Waals surface area (Å²) in [5.74, 6) is 0. The lowest BCUT2D eigenvalue weighted by molar-refractivity contribution is 0.577. The molecule has 0 bridgehead atoms. The van der Waals surface area contributed by atoms with Crippen LogP contribution in [0.5, 0.6) is 0 Å². The summed E-state index contributed by atoms with van der Waals surface area (Å²) in [7, 11) is 0. The number of nitrogens with zero attached hydrogens (tertiary/aromatic N) is 1. The first-order valence-electron chi connectivity index (χ1n) is 7.03. The smallest absolute Gasteiger partial charge is 0.123 e. The zero-order chi connectivity index (χ0) is 13.7. The van der Waals surface area contributed by atoms with E-state index in [1.54, 1.807) is 11.3 Å². The Hall–Kier alpha value is -1.19. The van der Waals surface area contributed by atoms with Crippen molar-refractivity contribution in [3.63, 3.8) is 0 Å². The van der Waals surface area contributed by atoms with Gasteiger partial charge in [0.2, 0.25) is 0 Å². The highest BCUT2D eigenvalue weighted by molar-refractivity contribution is 7.15. The monoisotopic (exact) mass is 274 g/mol. The first-order valence-corrected chi connectivity index (χ1v) is 7.84. The molecule has 102 valence electrons. The first kappa shape index (κ1) is 14.2. The molecule has 0 aliphatic rings. The molecule has 1 unspecified atom stereocenters. The van der Waals surface area contributed by atoms with Gasteiger partial charge < -0.3 is 5.32 Å². The fourth-order valence-corrected chi connectivity index (χ4v) is 2.91. The van der Waals surface area contributed by atoms with Crippen molar-refractivity contribution in [2.45, 2.75) is 39.7 Å². The van der Waals surface area contributed by atoms with Gasteiger partial charge in [0.15, 0.2) is 0 Å². The average Bonchev–Trinajstić information content (AvgIpc) is 2.94. The number of benzene rings is 1. The van der Waals surface area contributed by atoms with Crippen LogP contribution in [-0.4, -0.2) is 11.5 Å². The maximum Gasteiger partial charge on any atom is 0.123 e. The Balaban J connectivity index is 2.11. The van der Waals surface area contributed by atoms with E-state index in [1.807, 2.05) is 6.20 Å². The summed E-state index contributed by atoms with van der Waals surface area (Å²) >= 11 is 1.78. The molecule has 19 heavy (non-hydrogen) atoms. The van der Waals surface area contributed by atoms with Gasteiger partial charge in [-0.05, 0) is 31.9 Å². The Bertz CT molecular complexity index is 502. The number of aryl methyl sites for hydroxylation is 1. The third kappa shape index (κ3) is 3.64. The van der Waals surface area contributed by atoms with Crippen molar-refractivity contribution in [1.29, 1.82) is 0 Å². The van der Waals surface area contributed by atoms with E-state index in [0.29, 0.717) is 6.04 Å².